The summed E-state index contributed by atoms with van der Waals surface area (Å²) in [4.78, 5) is 22.4. The summed E-state index contributed by atoms with van der Waals surface area (Å²) in [6, 6.07) is -0.400. The molecule has 1 heterocycles. The first-order chi connectivity index (χ1) is 7.00. The summed E-state index contributed by atoms with van der Waals surface area (Å²) >= 11 is 0. The van der Waals surface area contributed by atoms with Gasteiger partial charge < -0.3 is 16.4 Å². The van der Waals surface area contributed by atoms with Crippen molar-refractivity contribution < 1.29 is 9.59 Å². The molecule has 0 aromatic rings. The Hall–Kier alpha value is -1.10. The molecular formula is C10H19N3O2. The first-order valence-electron chi connectivity index (χ1n) is 5.33. The monoisotopic (exact) mass is 213 g/mol. The van der Waals surface area contributed by atoms with Gasteiger partial charge in [0, 0.05) is 19.0 Å². The normalized spacial score (nSPS) is 22.7. The van der Waals surface area contributed by atoms with Gasteiger partial charge >= 0.3 is 0 Å². The van der Waals surface area contributed by atoms with Crippen molar-refractivity contribution in [1.82, 2.24) is 10.6 Å². The van der Waals surface area contributed by atoms with Crippen LogP contribution >= 0.6 is 0 Å². The standard InChI is InChI=1S/C10H19N3O2/c1-6(2)7(11)5-12-10(15)8-3-4-9(14)13-8/h6-8H,3-5,11H2,1-2H3,(H,12,15)(H,13,14). The molecule has 5 nitrogen and oxygen atoms in total. The fraction of sp³-hybridized carbons (Fsp3) is 0.800. The number of hydrogen-bond acceptors (Lipinski definition) is 3. The van der Waals surface area contributed by atoms with Crippen LogP contribution < -0.4 is 16.4 Å². The highest BCUT2D eigenvalue weighted by molar-refractivity contribution is 5.90. The van der Waals surface area contributed by atoms with E-state index in [1.54, 1.807) is 0 Å². The van der Waals surface area contributed by atoms with Crippen LogP contribution in [-0.2, 0) is 9.59 Å². The van der Waals surface area contributed by atoms with Gasteiger partial charge in [-0.3, -0.25) is 9.59 Å². The highest BCUT2D eigenvalue weighted by Crippen LogP contribution is 2.06. The molecule has 0 aromatic carbocycles. The minimum absolute atomic E-state index is 0.0361. The van der Waals surface area contributed by atoms with Gasteiger partial charge in [0.1, 0.15) is 6.04 Å². The Labute approximate surface area is 89.8 Å². The summed E-state index contributed by atoms with van der Waals surface area (Å²) in [5, 5.41) is 5.36. The molecule has 15 heavy (non-hydrogen) atoms. The number of nitrogens with one attached hydrogen (secondary N) is 2. The third-order valence-corrected chi connectivity index (χ3v) is 2.68. The van der Waals surface area contributed by atoms with Gasteiger partial charge in [-0.2, -0.15) is 0 Å². The second-order valence-electron chi connectivity index (χ2n) is 4.31. The second kappa shape index (κ2) is 5.11. The van der Waals surface area contributed by atoms with Gasteiger partial charge in [-0.15, -0.1) is 0 Å². The average Bonchev–Trinajstić information content (AvgIpc) is 2.60. The van der Waals surface area contributed by atoms with Gasteiger partial charge in [0.2, 0.25) is 11.8 Å². The molecule has 86 valence electrons. The lowest BCUT2D eigenvalue weighted by atomic mass is 10.1. The SMILES string of the molecule is CC(C)C(N)CNC(=O)C1CCC(=O)N1. The van der Waals surface area contributed by atoms with Crippen LogP contribution in [0.2, 0.25) is 0 Å². The van der Waals surface area contributed by atoms with E-state index < -0.39 is 0 Å². The van der Waals surface area contributed by atoms with Crippen molar-refractivity contribution in [2.45, 2.75) is 38.8 Å². The maximum Gasteiger partial charge on any atom is 0.242 e. The molecule has 0 spiro atoms. The molecule has 0 radical (unpaired) electrons. The van der Waals surface area contributed by atoms with E-state index in [0.29, 0.717) is 25.3 Å². The highest BCUT2D eigenvalue weighted by atomic mass is 16.2. The molecule has 4 N–H and O–H groups in total. The van der Waals surface area contributed by atoms with E-state index in [1.165, 1.54) is 0 Å². The Morgan fingerprint density at radius 2 is 2.33 bits per heavy atom. The third kappa shape index (κ3) is 3.51. The lowest BCUT2D eigenvalue weighted by Crippen LogP contribution is -2.47. The summed E-state index contributed by atoms with van der Waals surface area (Å²) in [7, 11) is 0. The van der Waals surface area contributed by atoms with Crippen LogP contribution in [0.15, 0.2) is 0 Å². The minimum Gasteiger partial charge on any atom is -0.353 e. The average molecular weight is 213 g/mol. The van der Waals surface area contributed by atoms with Crippen molar-refractivity contribution in [1.29, 1.82) is 0 Å². The van der Waals surface area contributed by atoms with E-state index in [2.05, 4.69) is 10.6 Å². The molecular weight excluding hydrogens is 194 g/mol. The van der Waals surface area contributed by atoms with Crippen LogP contribution in [-0.4, -0.2) is 30.4 Å². The maximum atomic E-state index is 11.5. The number of carbonyl (C=O) groups excluding carboxylic acids is 2. The van der Waals surface area contributed by atoms with Crippen LogP contribution in [0.3, 0.4) is 0 Å². The summed E-state index contributed by atoms with van der Waals surface area (Å²) in [6.07, 6.45) is 1.02. The van der Waals surface area contributed by atoms with Gasteiger partial charge in [-0.25, -0.2) is 0 Å². The lowest BCUT2D eigenvalue weighted by molar-refractivity contribution is -0.125. The molecule has 1 saturated heterocycles. The predicted octanol–water partition coefficient (Wildman–Crippen LogP) is -0.635. The first-order valence-corrected chi connectivity index (χ1v) is 5.33. The van der Waals surface area contributed by atoms with Crippen molar-refractivity contribution >= 4 is 11.8 Å². The number of amides is 2. The van der Waals surface area contributed by atoms with Crippen LogP contribution in [0, 0.1) is 5.92 Å². The third-order valence-electron chi connectivity index (χ3n) is 2.68. The largest absolute Gasteiger partial charge is 0.353 e. The zero-order chi connectivity index (χ0) is 11.4. The topological polar surface area (TPSA) is 84.2 Å². The molecule has 0 aliphatic carbocycles. The Balaban J connectivity index is 2.27. The molecule has 1 fully saturated rings. The quantitative estimate of drug-likeness (QED) is 0.581. The second-order valence-corrected chi connectivity index (χ2v) is 4.31. The van der Waals surface area contributed by atoms with Gasteiger partial charge in [0.15, 0.2) is 0 Å². The molecule has 1 rings (SSSR count). The Bertz CT molecular complexity index is 253. The molecule has 2 atom stereocenters. The van der Waals surface area contributed by atoms with Crippen LogP contribution in [0.5, 0.6) is 0 Å². The molecule has 1 aliphatic rings. The minimum atomic E-state index is -0.364. The summed E-state index contributed by atoms with van der Waals surface area (Å²) in [5.41, 5.74) is 5.79. The number of hydrogen-bond donors (Lipinski definition) is 3. The van der Waals surface area contributed by atoms with E-state index in [9.17, 15) is 9.59 Å². The predicted molar refractivity (Wildman–Crippen MR) is 57.0 cm³/mol. The molecule has 0 bridgehead atoms. The molecule has 0 saturated carbocycles. The Morgan fingerprint density at radius 3 is 2.80 bits per heavy atom. The van der Waals surface area contributed by atoms with Crippen LogP contribution in [0.25, 0.3) is 0 Å². The van der Waals surface area contributed by atoms with E-state index in [0.717, 1.165) is 0 Å². The number of nitrogens with two attached hydrogens (primary N) is 1. The zero-order valence-electron chi connectivity index (χ0n) is 9.25. The number of carbonyl (C=O) groups is 2. The maximum absolute atomic E-state index is 11.5. The van der Waals surface area contributed by atoms with Crippen molar-refractivity contribution in [2.75, 3.05) is 6.54 Å². The van der Waals surface area contributed by atoms with Gasteiger partial charge in [0.05, 0.1) is 0 Å². The van der Waals surface area contributed by atoms with Gasteiger partial charge in [-0.1, -0.05) is 13.8 Å². The van der Waals surface area contributed by atoms with Crippen LogP contribution in [0.1, 0.15) is 26.7 Å². The summed E-state index contributed by atoms with van der Waals surface area (Å²) < 4.78 is 0. The van der Waals surface area contributed by atoms with Crippen LogP contribution in [0.4, 0.5) is 0 Å². The fourth-order valence-corrected chi connectivity index (χ4v) is 1.39. The van der Waals surface area contributed by atoms with E-state index >= 15 is 0 Å². The van der Waals surface area contributed by atoms with E-state index in [1.807, 2.05) is 13.8 Å². The van der Waals surface area contributed by atoms with Crippen molar-refractivity contribution in [2.24, 2.45) is 11.7 Å². The number of rotatable bonds is 4. The van der Waals surface area contributed by atoms with Crippen molar-refractivity contribution in [3.63, 3.8) is 0 Å². The lowest BCUT2D eigenvalue weighted by Gasteiger charge is -2.17. The smallest absolute Gasteiger partial charge is 0.242 e. The summed E-state index contributed by atoms with van der Waals surface area (Å²) in [5.74, 6) is 0.156. The molecule has 0 aromatic heterocycles. The first kappa shape index (κ1) is 12.0. The zero-order valence-corrected chi connectivity index (χ0v) is 9.25. The Morgan fingerprint density at radius 1 is 1.67 bits per heavy atom. The molecule has 5 heteroatoms. The van der Waals surface area contributed by atoms with Crippen molar-refractivity contribution in [3.05, 3.63) is 0 Å². The fourth-order valence-electron chi connectivity index (χ4n) is 1.39. The van der Waals surface area contributed by atoms with E-state index in [4.69, 9.17) is 5.73 Å². The molecule has 2 amide bonds. The van der Waals surface area contributed by atoms with E-state index in [-0.39, 0.29) is 23.9 Å². The van der Waals surface area contributed by atoms with Gasteiger partial charge in [-0.05, 0) is 12.3 Å². The van der Waals surface area contributed by atoms with Crippen molar-refractivity contribution in [3.8, 4) is 0 Å². The highest BCUT2D eigenvalue weighted by Gasteiger charge is 2.27. The molecule has 1 aliphatic heterocycles. The van der Waals surface area contributed by atoms with Gasteiger partial charge in [0.25, 0.3) is 0 Å². The summed E-state index contributed by atoms with van der Waals surface area (Å²) in [6.45, 7) is 4.48. The molecule has 2 unspecified atom stereocenters. The Kier molecular flexibility index (Phi) is 4.08.